The second-order valence-corrected chi connectivity index (χ2v) is 5.53. The summed E-state index contributed by atoms with van der Waals surface area (Å²) in [6, 6.07) is 10.5. The summed E-state index contributed by atoms with van der Waals surface area (Å²) in [7, 11) is 0. The Kier molecular flexibility index (Phi) is 5.18. The van der Waals surface area contributed by atoms with Gasteiger partial charge in [0, 0.05) is 18.3 Å². The second-order valence-electron chi connectivity index (χ2n) is 4.75. The normalized spacial score (nSPS) is 11.9. The van der Waals surface area contributed by atoms with Crippen LogP contribution < -0.4 is 10.6 Å². The van der Waals surface area contributed by atoms with E-state index in [-0.39, 0.29) is 11.9 Å². The number of carbonyl (C=O) groups is 1. The zero-order valence-corrected chi connectivity index (χ0v) is 12.7. The standard InChI is InChI=1S/C16H20N2OS/c1-3-17-16(19)10-13-4-6-15(7-5-13)18-12(2)14-8-9-20-11-14/h4-9,11-12,18H,3,10H2,1-2H3,(H,17,19). The summed E-state index contributed by atoms with van der Waals surface area (Å²) in [6.45, 7) is 4.75. The molecule has 0 aliphatic carbocycles. The molecule has 0 fully saturated rings. The molecule has 1 aromatic carbocycles. The predicted octanol–water partition coefficient (Wildman–Crippen LogP) is 3.60. The molecule has 0 radical (unpaired) electrons. The van der Waals surface area contributed by atoms with Crippen molar-refractivity contribution < 1.29 is 4.79 Å². The van der Waals surface area contributed by atoms with Crippen LogP contribution in [-0.4, -0.2) is 12.5 Å². The van der Waals surface area contributed by atoms with E-state index in [0.29, 0.717) is 13.0 Å². The number of amides is 1. The van der Waals surface area contributed by atoms with Crippen molar-refractivity contribution in [3.8, 4) is 0 Å². The number of hydrogen-bond donors (Lipinski definition) is 2. The van der Waals surface area contributed by atoms with E-state index in [2.05, 4.69) is 34.4 Å². The highest BCUT2D eigenvalue weighted by atomic mass is 32.1. The van der Waals surface area contributed by atoms with E-state index in [1.807, 2.05) is 31.2 Å². The highest BCUT2D eigenvalue weighted by molar-refractivity contribution is 7.07. The molecule has 0 aliphatic rings. The van der Waals surface area contributed by atoms with Crippen LogP contribution in [0.15, 0.2) is 41.1 Å². The SMILES string of the molecule is CCNC(=O)Cc1ccc(NC(C)c2ccsc2)cc1. The second kappa shape index (κ2) is 7.10. The van der Waals surface area contributed by atoms with E-state index in [4.69, 9.17) is 0 Å². The van der Waals surface area contributed by atoms with Gasteiger partial charge in [-0.3, -0.25) is 4.79 Å². The lowest BCUT2D eigenvalue weighted by molar-refractivity contribution is -0.120. The molecule has 2 N–H and O–H groups in total. The van der Waals surface area contributed by atoms with Crippen molar-refractivity contribution in [3.63, 3.8) is 0 Å². The highest BCUT2D eigenvalue weighted by Gasteiger charge is 2.06. The third-order valence-electron chi connectivity index (χ3n) is 3.12. The van der Waals surface area contributed by atoms with E-state index in [1.165, 1.54) is 5.56 Å². The Labute approximate surface area is 124 Å². The molecule has 0 saturated carbocycles. The minimum absolute atomic E-state index is 0.0693. The van der Waals surface area contributed by atoms with Crippen molar-refractivity contribution in [2.45, 2.75) is 26.3 Å². The fourth-order valence-corrected chi connectivity index (χ4v) is 2.77. The maximum absolute atomic E-state index is 11.5. The van der Waals surface area contributed by atoms with Gasteiger partial charge in [-0.15, -0.1) is 0 Å². The Hall–Kier alpha value is -1.81. The van der Waals surface area contributed by atoms with Gasteiger partial charge in [0.2, 0.25) is 5.91 Å². The molecular formula is C16H20N2OS. The van der Waals surface area contributed by atoms with Crippen LogP contribution in [0.2, 0.25) is 0 Å². The predicted molar refractivity (Wildman–Crippen MR) is 85.2 cm³/mol. The molecule has 1 atom stereocenters. The van der Waals surface area contributed by atoms with E-state index in [0.717, 1.165) is 11.3 Å². The number of rotatable bonds is 6. The Morgan fingerprint density at radius 2 is 2.00 bits per heavy atom. The highest BCUT2D eigenvalue weighted by Crippen LogP contribution is 2.21. The maximum Gasteiger partial charge on any atom is 0.224 e. The van der Waals surface area contributed by atoms with Gasteiger partial charge in [0.1, 0.15) is 0 Å². The molecule has 0 bridgehead atoms. The maximum atomic E-state index is 11.5. The molecule has 106 valence electrons. The van der Waals surface area contributed by atoms with E-state index >= 15 is 0 Å². The topological polar surface area (TPSA) is 41.1 Å². The smallest absolute Gasteiger partial charge is 0.224 e. The van der Waals surface area contributed by atoms with Crippen LogP contribution >= 0.6 is 11.3 Å². The Morgan fingerprint density at radius 1 is 1.25 bits per heavy atom. The number of thiophene rings is 1. The van der Waals surface area contributed by atoms with Gasteiger partial charge in [-0.1, -0.05) is 12.1 Å². The number of benzene rings is 1. The summed E-state index contributed by atoms with van der Waals surface area (Å²) >= 11 is 1.71. The van der Waals surface area contributed by atoms with E-state index < -0.39 is 0 Å². The molecular weight excluding hydrogens is 268 g/mol. The van der Waals surface area contributed by atoms with Gasteiger partial charge in [0.15, 0.2) is 0 Å². The van der Waals surface area contributed by atoms with Crippen LogP contribution in [0, 0.1) is 0 Å². The molecule has 2 rings (SSSR count). The fraction of sp³-hybridized carbons (Fsp3) is 0.312. The van der Waals surface area contributed by atoms with E-state index in [1.54, 1.807) is 11.3 Å². The molecule has 1 amide bonds. The van der Waals surface area contributed by atoms with Crippen molar-refractivity contribution in [3.05, 3.63) is 52.2 Å². The molecule has 3 nitrogen and oxygen atoms in total. The zero-order valence-electron chi connectivity index (χ0n) is 11.8. The number of likely N-dealkylation sites (N-methyl/N-ethyl adjacent to an activating group) is 1. The molecule has 2 aromatic rings. The number of anilines is 1. The summed E-state index contributed by atoms with van der Waals surface area (Å²) in [5, 5.41) is 10.5. The number of hydrogen-bond acceptors (Lipinski definition) is 3. The van der Waals surface area contributed by atoms with Crippen LogP contribution in [0.5, 0.6) is 0 Å². The van der Waals surface area contributed by atoms with Crippen LogP contribution in [0.25, 0.3) is 0 Å². The van der Waals surface area contributed by atoms with Crippen LogP contribution in [0.3, 0.4) is 0 Å². The molecule has 0 aliphatic heterocycles. The largest absolute Gasteiger partial charge is 0.378 e. The monoisotopic (exact) mass is 288 g/mol. The minimum Gasteiger partial charge on any atom is -0.378 e. The average molecular weight is 288 g/mol. The fourth-order valence-electron chi connectivity index (χ4n) is 2.02. The van der Waals surface area contributed by atoms with Crippen molar-refractivity contribution in [1.29, 1.82) is 0 Å². The Bertz CT molecular complexity index is 534. The third-order valence-corrected chi connectivity index (χ3v) is 3.82. The third kappa shape index (κ3) is 4.10. The van der Waals surface area contributed by atoms with Crippen LogP contribution in [0.4, 0.5) is 5.69 Å². The first-order valence-corrected chi connectivity index (χ1v) is 7.77. The lowest BCUT2D eigenvalue weighted by Crippen LogP contribution is -2.24. The first-order valence-electron chi connectivity index (χ1n) is 6.83. The summed E-state index contributed by atoms with van der Waals surface area (Å²) in [6.07, 6.45) is 0.439. The number of carbonyl (C=O) groups excluding carboxylic acids is 1. The summed E-state index contributed by atoms with van der Waals surface area (Å²) < 4.78 is 0. The summed E-state index contributed by atoms with van der Waals surface area (Å²) in [5.74, 6) is 0.0693. The van der Waals surface area contributed by atoms with Gasteiger partial charge in [0.25, 0.3) is 0 Å². The summed E-state index contributed by atoms with van der Waals surface area (Å²) in [5.41, 5.74) is 3.40. The van der Waals surface area contributed by atoms with Gasteiger partial charge >= 0.3 is 0 Å². The quantitative estimate of drug-likeness (QED) is 0.852. The molecule has 20 heavy (non-hydrogen) atoms. The Morgan fingerprint density at radius 3 is 2.60 bits per heavy atom. The molecule has 0 spiro atoms. The molecule has 4 heteroatoms. The lowest BCUT2D eigenvalue weighted by atomic mass is 10.1. The summed E-state index contributed by atoms with van der Waals surface area (Å²) in [4.78, 5) is 11.5. The molecule has 1 aromatic heterocycles. The van der Waals surface area contributed by atoms with Gasteiger partial charge in [-0.25, -0.2) is 0 Å². The first-order chi connectivity index (χ1) is 9.69. The van der Waals surface area contributed by atoms with Crippen molar-refractivity contribution in [2.75, 3.05) is 11.9 Å². The van der Waals surface area contributed by atoms with Crippen molar-refractivity contribution in [1.82, 2.24) is 5.32 Å². The van der Waals surface area contributed by atoms with Gasteiger partial charge in [-0.2, -0.15) is 11.3 Å². The number of nitrogens with one attached hydrogen (secondary N) is 2. The average Bonchev–Trinajstić information content (AvgIpc) is 2.95. The van der Waals surface area contributed by atoms with E-state index in [9.17, 15) is 4.79 Å². The van der Waals surface area contributed by atoms with Crippen LogP contribution in [-0.2, 0) is 11.2 Å². The van der Waals surface area contributed by atoms with Crippen LogP contribution in [0.1, 0.15) is 31.0 Å². The Balaban J connectivity index is 1.93. The van der Waals surface area contributed by atoms with Gasteiger partial charge < -0.3 is 10.6 Å². The minimum atomic E-state index is 0.0693. The van der Waals surface area contributed by atoms with Crippen molar-refractivity contribution in [2.24, 2.45) is 0 Å². The van der Waals surface area contributed by atoms with Gasteiger partial charge in [0.05, 0.1) is 6.42 Å². The lowest BCUT2D eigenvalue weighted by Gasteiger charge is -2.14. The molecule has 0 saturated heterocycles. The van der Waals surface area contributed by atoms with Crippen molar-refractivity contribution >= 4 is 22.9 Å². The zero-order chi connectivity index (χ0) is 14.4. The molecule has 1 heterocycles. The molecule has 1 unspecified atom stereocenters. The first kappa shape index (κ1) is 14.6. The van der Waals surface area contributed by atoms with Gasteiger partial charge in [-0.05, 0) is 53.9 Å².